The number of carbonyl (C=O) groups is 3. The first-order valence-corrected chi connectivity index (χ1v) is 49.3. The van der Waals surface area contributed by atoms with Crippen molar-refractivity contribution >= 4 is 97.3 Å². The maximum absolute atomic E-state index is 15.0. The number of anilines is 3. The van der Waals surface area contributed by atoms with Gasteiger partial charge in [0.15, 0.2) is 84.5 Å². The van der Waals surface area contributed by atoms with Gasteiger partial charge in [0, 0.05) is 110 Å². The summed E-state index contributed by atoms with van der Waals surface area (Å²) in [5.74, 6) is -24.7. The molecule has 3 aliphatic heterocycles. The fraction of sp³-hybridized carbons (Fsp3) is 0.371. The first-order valence-electron chi connectivity index (χ1n) is 45.0. The van der Waals surface area contributed by atoms with E-state index in [1.165, 1.54) is 93.0 Å². The summed E-state index contributed by atoms with van der Waals surface area (Å²) in [6, 6.07) is 22.7. The zero-order valence-corrected chi connectivity index (χ0v) is 78.0. The zero-order valence-electron chi connectivity index (χ0n) is 75.6. The average Bonchev–Trinajstić information content (AvgIpc) is 0.739. The maximum Gasteiger partial charge on any atom is 0.274 e. The number of pyridine rings is 4. The van der Waals surface area contributed by atoms with Gasteiger partial charge in [-0.25, -0.2) is 87.6 Å². The Morgan fingerprint density at radius 2 is 0.674 bits per heavy atom. The Morgan fingerprint density at radius 1 is 0.348 bits per heavy atom. The molecule has 12 aromatic rings. The molecule has 726 valence electrons. The third-order valence-corrected chi connectivity index (χ3v) is 32.9. The van der Waals surface area contributed by atoms with Crippen molar-refractivity contribution < 1.29 is 92.3 Å². The van der Waals surface area contributed by atoms with Gasteiger partial charge in [-0.15, -0.1) is 0 Å². The summed E-state index contributed by atoms with van der Waals surface area (Å²) in [5, 5.41) is 6.05. The molecular formula is C97H94F12N14O12S3. The van der Waals surface area contributed by atoms with Crippen LogP contribution < -0.4 is 31.4 Å². The third kappa shape index (κ3) is 18.8. The van der Waals surface area contributed by atoms with Gasteiger partial charge in [-0.2, -0.15) is 18.0 Å². The lowest BCUT2D eigenvalue weighted by atomic mass is 9.85. The summed E-state index contributed by atoms with van der Waals surface area (Å²) < 4.78 is 260. The maximum atomic E-state index is 15.0. The van der Waals surface area contributed by atoms with E-state index in [0.29, 0.717) is 91.6 Å². The van der Waals surface area contributed by atoms with E-state index in [1.807, 2.05) is 24.3 Å². The van der Waals surface area contributed by atoms with Crippen molar-refractivity contribution in [1.82, 2.24) is 51.8 Å². The number of sulfonamides is 3. The molecule has 0 bridgehead atoms. The number of fused-ring (bicyclic) bond motifs is 3. The number of halogens is 12. The Hall–Kier alpha value is -12.4. The summed E-state index contributed by atoms with van der Waals surface area (Å²) in [6.07, 6.45) is 26.7. The SMILES string of the molecule is Cc1c(F)c(F)c(F)c(S(=O)(=O)N2CC[C@@H]2C(=O)N(Cc2ccc(C3CCCCC3)cn2)c2ccc3c(=O)n(C)ccc3c2)c1F.Cc1c(F)c(F)c(F)c(S(=O)(=O)N2CC[C@@H]2C(=O)N(Cc2ccc(C3CCCCC3)cn2)c2ccc3c(=O)n(C)cnc3c2)c1F.Cc1c(F)c(F)c(F)c(S(=O)(=O)N2CC[C@@H]2C(=O)N(Cc2ccc(C3CCCCC3)cn2)c2ccc3c(=O)n(C)ncc3c2)c1F. The Kier molecular flexibility index (Phi) is 28.4. The number of nitrogens with zero attached hydrogens (tertiary/aromatic N) is 14. The van der Waals surface area contributed by atoms with Gasteiger partial charge in [-0.1, -0.05) is 76.0 Å². The zero-order chi connectivity index (χ0) is 98.7. The monoisotopic (exact) mass is 1970 g/mol. The number of rotatable bonds is 21. The number of carbonyl (C=O) groups excluding carboxylic acids is 3. The topological polar surface area (TPSA) is 304 Å². The van der Waals surface area contributed by atoms with E-state index in [-0.39, 0.29) is 80.9 Å². The van der Waals surface area contributed by atoms with Gasteiger partial charge in [0.1, 0.15) is 18.1 Å². The van der Waals surface area contributed by atoms with Crippen molar-refractivity contribution in [2.75, 3.05) is 34.3 Å². The Balaban J connectivity index is 0.000000150. The molecule has 3 amide bonds. The van der Waals surface area contributed by atoms with Gasteiger partial charge in [0.05, 0.1) is 65.5 Å². The van der Waals surface area contributed by atoms with E-state index in [2.05, 4.69) is 25.0 Å². The number of hydrogen-bond acceptors (Lipinski definition) is 17. The van der Waals surface area contributed by atoms with Crippen molar-refractivity contribution in [2.45, 2.75) is 207 Å². The lowest BCUT2D eigenvalue weighted by molar-refractivity contribution is -0.125. The molecule has 0 spiro atoms. The summed E-state index contributed by atoms with van der Waals surface area (Å²) >= 11 is 0. The predicted octanol–water partition coefficient (Wildman–Crippen LogP) is 16.3. The van der Waals surface area contributed by atoms with E-state index in [1.54, 1.807) is 81.3 Å². The normalized spacial score (nSPS) is 17.7. The molecule has 138 heavy (non-hydrogen) atoms. The van der Waals surface area contributed by atoms with Gasteiger partial charge in [0.2, 0.25) is 47.8 Å². The molecule has 0 N–H and O–H groups in total. The predicted molar refractivity (Wildman–Crippen MR) is 487 cm³/mol. The largest absolute Gasteiger partial charge is 0.318 e. The Bertz CT molecular complexity index is 6640. The van der Waals surface area contributed by atoms with Crippen molar-refractivity contribution in [2.24, 2.45) is 21.1 Å². The molecule has 6 fully saturated rings. The lowest BCUT2D eigenvalue weighted by Crippen LogP contribution is -2.59. The second-order valence-electron chi connectivity index (χ2n) is 35.6. The van der Waals surface area contributed by atoms with Crippen molar-refractivity contribution in [1.29, 1.82) is 0 Å². The highest BCUT2D eigenvalue weighted by Crippen LogP contribution is 2.43. The number of benzene rings is 6. The van der Waals surface area contributed by atoms with Crippen LogP contribution in [-0.2, 0) is 85.2 Å². The molecule has 6 aromatic carbocycles. The van der Waals surface area contributed by atoms with E-state index in [4.69, 9.17) is 0 Å². The van der Waals surface area contributed by atoms with Gasteiger partial charge in [-0.3, -0.25) is 43.7 Å². The molecule has 18 rings (SSSR count). The minimum absolute atomic E-state index is 0.000874. The highest BCUT2D eigenvalue weighted by Gasteiger charge is 2.52. The third-order valence-electron chi connectivity index (χ3n) is 27.2. The fourth-order valence-electron chi connectivity index (χ4n) is 18.7. The molecule has 3 atom stereocenters. The molecule has 9 heterocycles. The summed E-state index contributed by atoms with van der Waals surface area (Å²) in [5.41, 5.74) is 2.10. The van der Waals surface area contributed by atoms with Crippen LogP contribution in [0.2, 0.25) is 0 Å². The minimum Gasteiger partial charge on any atom is -0.318 e. The van der Waals surface area contributed by atoms with Crippen molar-refractivity contribution in [3.05, 3.63) is 286 Å². The number of hydrogen-bond donors (Lipinski definition) is 0. The summed E-state index contributed by atoms with van der Waals surface area (Å²) in [6.45, 7) is 1.28. The van der Waals surface area contributed by atoms with Crippen LogP contribution in [0.25, 0.3) is 32.4 Å². The molecule has 3 aliphatic carbocycles. The Morgan fingerprint density at radius 3 is 1.01 bits per heavy atom. The van der Waals surface area contributed by atoms with Gasteiger partial charge >= 0.3 is 0 Å². The highest BCUT2D eigenvalue weighted by atomic mass is 32.2. The number of amides is 3. The first kappa shape index (κ1) is 98.6. The quantitative estimate of drug-likeness (QED) is 0.0367. The van der Waals surface area contributed by atoms with Crippen LogP contribution >= 0.6 is 0 Å². The van der Waals surface area contributed by atoms with Gasteiger partial charge < -0.3 is 23.8 Å². The standard InChI is InChI=1S/C33H32F4N4O4S.2C32H31F4N5O4S/c1-19-27(34)29(36)30(37)31(28(19)35)46(44,45)41-15-13-26(41)33(43)40(24-10-11-25-21(16-24)12-14-39(2)32(25)42)18-23-9-8-22(17-38-23)20-6-4-3-5-7-20;1-18-26(33)28(35)29(36)30(27(18)34)46(44,45)41-13-12-25(41)32(43)40(23-10-11-24-21(14-23)16-38-39(2)31(24)42)17-22-9-8-20(15-37-22)19-6-4-3-5-7-19;1-18-26(33)28(35)29(36)30(27(18)34)46(44,45)41-13-12-25(41)32(43)40(22-10-11-23-24(14-22)38-17-39(2)31(23)42)16-21-9-8-20(15-37-21)19-6-4-3-5-7-19/h8-12,14,16-17,20,26H,3-7,13,15,18H2,1-2H3;8-11,14-16,19,25H,3-7,12-13,17H2,1-2H3;8-11,14-15,17,19,25H,3-7,12-13,16H2,1-2H3/t26-;2*25-/m111/s1. The minimum atomic E-state index is -5.11. The smallest absolute Gasteiger partial charge is 0.274 e. The molecule has 6 aromatic heterocycles. The van der Waals surface area contributed by atoms with Crippen LogP contribution in [0.15, 0.2) is 163 Å². The van der Waals surface area contributed by atoms with Crippen molar-refractivity contribution in [3.8, 4) is 0 Å². The lowest BCUT2D eigenvalue weighted by Gasteiger charge is -2.41. The van der Waals surface area contributed by atoms with E-state index < -0.39 is 167 Å². The summed E-state index contributed by atoms with van der Waals surface area (Å²) in [4.78, 5) is 97.3. The van der Waals surface area contributed by atoms with Crippen molar-refractivity contribution in [3.63, 3.8) is 0 Å². The van der Waals surface area contributed by atoms with Crippen LogP contribution in [0.1, 0.15) is 184 Å². The second kappa shape index (κ2) is 39.8. The molecule has 3 saturated carbocycles. The van der Waals surface area contributed by atoms with Crippen LogP contribution in [0, 0.1) is 90.6 Å². The second-order valence-corrected chi connectivity index (χ2v) is 41.1. The van der Waals surface area contributed by atoms with Crippen LogP contribution in [0.3, 0.4) is 0 Å². The van der Waals surface area contributed by atoms with Crippen LogP contribution in [-0.4, -0.2) is 133 Å². The van der Waals surface area contributed by atoms with E-state index >= 15 is 0 Å². The number of aromatic nitrogens is 8. The fourth-order valence-corrected chi connectivity index (χ4v) is 24.1. The molecular weight excluding hydrogens is 1880 g/mol. The molecule has 41 heteroatoms. The molecule has 0 unspecified atom stereocenters. The van der Waals surface area contributed by atoms with E-state index in [9.17, 15) is 107 Å². The Labute approximate surface area is 784 Å². The van der Waals surface area contributed by atoms with Crippen LogP contribution in [0.5, 0.6) is 0 Å². The molecule has 3 saturated heterocycles. The summed E-state index contributed by atoms with van der Waals surface area (Å²) in [7, 11) is -10.7. The molecule has 6 aliphatic rings. The van der Waals surface area contributed by atoms with Crippen LogP contribution in [0.4, 0.5) is 69.7 Å². The highest BCUT2D eigenvalue weighted by molar-refractivity contribution is 7.89. The number of aryl methyl sites for hydroxylation is 3. The molecule has 26 nitrogen and oxygen atoms in total. The molecule has 0 radical (unpaired) electrons. The average molecular weight is 1970 g/mol. The van der Waals surface area contributed by atoms with E-state index in [0.717, 1.165) is 119 Å². The van der Waals surface area contributed by atoms with Gasteiger partial charge in [-0.05, 0) is 197 Å². The first-order chi connectivity index (χ1) is 65.7. The van der Waals surface area contributed by atoms with Gasteiger partial charge in [0.25, 0.3) is 16.7 Å².